The Hall–Kier alpha value is -1.66. The average Bonchev–Trinajstić information content (AvgIpc) is 3.05. The van der Waals surface area contributed by atoms with Crippen molar-refractivity contribution in [2.75, 3.05) is 6.54 Å². The number of carbonyl (C=O) groups excluding carboxylic acids is 1. The van der Waals surface area contributed by atoms with E-state index in [1.807, 2.05) is 11.4 Å². The summed E-state index contributed by atoms with van der Waals surface area (Å²) in [6.45, 7) is 1.08. The van der Waals surface area contributed by atoms with Gasteiger partial charge in [0.2, 0.25) is 5.91 Å². The second-order valence-electron chi connectivity index (χ2n) is 4.16. The van der Waals surface area contributed by atoms with Crippen LogP contribution in [0.15, 0.2) is 28.2 Å². The van der Waals surface area contributed by atoms with E-state index in [1.165, 1.54) is 0 Å². The summed E-state index contributed by atoms with van der Waals surface area (Å²) < 4.78 is 5.14. The Labute approximate surface area is 115 Å². The first kappa shape index (κ1) is 13.8. The Balaban J connectivity index is 1.76. The zero-order valence-electron chi connectivity index (χ0n) is 10.6. The van der Waals surface area contributed by atoms with Gasteiger partial charge in [-0.25, -0.2) is 4.98 Å². The van der Waals surface area contributed by atoms with Gasteiger partial charge in [0.1, 0.15) is 5.76 Å². The fraction of sp³-hybridized carbons (Fsp3) is 0.385. The number of aromatic nitrogens is 1. The van der Waals surface area contributed by atoms with Crippen molar-refractivity contribution in [3.63, 3.8) is 0 Å². The highest BCUT2D eigenvalue weighted by Crippen LogP contribution is 2.12. The molecule has 0 aliphatic rings. The van der Waals surface area contributed by atoms with Crippen molar-refractivity contribution in [1.29, 1.82) is 0 Å². The summed E-state index contributed by atoms with van der Waals surface area (Å²) in [4.78, 5) is 16.1. The Morgan fingerprint density at radius 3 is 3.16 bits per heavy atom. The molecule has 0 bridgehead atoms. The van der Waals surface area contributed by atoms with Crippen LogP contribution in [-0.4, -0.2) is 17.4 Å². The van der Waals surface area contributed by atoms with Gasteiger partial charge in [0.15, 0.2) is 0 Å². The maximum Gasteiger partial charge on any atom is 0.226 e. The lowest BCUT2D eigenvalue weighted by Gasteiger charge is -2.01. The Morgan fingerprint density at radius 1 is 1.53 bits per heavy atom. The van der Waals surface area contributed by atoms with E-state index in [-0.39, 0.29) is 5.91 Å². The third kappa shape index (κ3) is 4.50. The number of thiazole rings is 1. The molecule has 19 heavy (non-hydrogen) atoms. The van der Waals surface area contributed by atoms with Gasteiger partial charge in [-0.15, -0.1) is 11.3 Å². The van der Waals surface area contributed by atoms with E-state index in [2.05, 4.69) is 10.3 Å². The quantitative estimate of drug-likeness (QED) is 0.804. The molecule has 0 unspecified atom stereocenters. The largest absolute Gasteiger partial charge is 0.467 e. The van der Waals surface area contributed by atoms with Crippen LogP contribution in [0.4, 0.5) is 0 Å². The lowest BCUT2D eigenvalue weighted by atomic mass is 10.3. The Kier molecular flexibility index (Phi) is 5.11. The third-order valence-corrected chi connectivity index (χ3v) is 3.53. The zero-order valence-corrected chi connectivity index (χ0v) is 11.4. The van der Waals surface area contributed by atoms with E-state index in [0.29, 0.717) is 19.5 Å². The Bertz CT molecular complexity index is 508. The van der Waals surface area contributed by atoms with Crippen molar-refractivity contribution in [3.8, 4) is 0 Å². The molecule has 102 valence electrons. The maximum absolute atomic E-state index is 11.7. The molecule has 0 atom stereocenters. The van der Waals surface area contributed by atoms with Crippen molar-refractivity contribution in [3.05, 3.63) is 40.2 Å². The van der Waals surface area contributed by atoms with E-state index in [4.69, 9.17) is 10.2 Å². The van der Waals surface area contributed by atoms with Gasteiger partial charge in [-0.05, 0) is 25.1 Å². The molecule has 0 fully saturated rings. The number of hydrogen-bond donors (Lipinski definition) is 2. The summed E-state index contributed by atoms with van der Waals surface area (Å²) in [5, 5.41) is 5.77. The summed E-state index contributed by atoms with van der Waals surface area (Å²) in [5.74, 6) is 0.697. The van der Waals surface area contributed by atoms with Crippen LogP contribution in [0.2, 0.25) is 0 Å². The number of nitrogens with one attached hydrogen (secondary N) is 1. The van der Waals surface area contributed by atoms with E-state index in [0.717, 1.165) is 29.3 Å². The van der Waals surface area contributed by atoms with Crippen LogP contribution in [0, 0.1) is 0 Å². The highest BCUT2D eigenvalue weighted by Gasteiger charge is 2.08. The molecule has 6 heteroatoms. The van der Waals surface area contributed by atoms with Crippen LogP contribution in [-0.2, 0) is 24.2 Å². The number of amides is 1. The number of furan rings is 1. The number of carbonyl (C=O) groups is 1. The van der Waals surface area contributed by atoms with Crippen LogP contribution in [0.5, 0.6) is 0 Å². The minimum atomic E-state index is -0.0490. The lowest BCUT2D eigenvalue weighted by molar-refractivity contribution is -0.120. The topological polar surface area (TPSA) is 81.1 Å². The number of aryl methyl sites for hydroxylation is 1. The molecule has 0 saturated heterocycles. The van der Waals surface area contributed by atoms with Crippen LogP contribution < -0.4 is 11.1 Å². The fourth-order valence-corrected chi connectivity index (χ4v) is 2.46. The molecule has 0 aromatic carbocycles. The molecule has 2 heterocycles. The number of nitrogens with two attached hydrogens (primary N) is 1. The SMILES string of the molecule is NCCCc1nc(CC(=O)NCc2ccco2)cs1. The molecule has 2 aromatic rings. The number of nitrogens with zero attached hydrogens (tertiary/aromatic N) is 1. The molecule has 0 radical (unpaired) electrons. The molecule has 3 N–H and O–H groups in total. The van der Waals surface area contributed by atoms with Gasteiger partial charge < -0.3 is 15.5 Å². The minimum Gasteiger partial charge on any atom is -0.467 e. The van der Waals surface area contributed by atoms with Gasteiger partial charge >= 0.3 is 0 Å². The predicted molar refractivity (Wildman–Crippen MR) is 73.7 cm³/mol. The normalized spacial score (nSPS) is 10.6. The molecule has 0 saturated carbocycles. The second kappa shape index (κ2) is 7.06. The van der Waals surface area contributed by atoms with Crippen molar-refractivity contribution in [2.24, 2.45) is 5.73 Å². The molecule has 2 aromatic heterocycles. The molecule has 2 rings (SSSR count). The van der Waals surface area contributed by atoms with E-state index in [1.54, 1.807) is 23.7 Å². The first-order valence-corrected chi connectivity index (χ1v) is 7.08. The van der Waals surface area contributed by atoms with Gasteiger partial charge in [-0.2, -0.15) is 0 Å². The predicted octanol–water partition coefficient (Wildman–Crippen LogP) is 1.49. The lowest BCUT2D eigenvalue weighted by Crippen LogP contribution is -2.24. The molecular weight excluding hydrogens is 262 g/mol. The summed E-state index contributed by atoms with van der Waals surface area (Å²) in [6, 6.07) is 3.62. The van der Waals surface area contributed by atoms with Crippen molar-refractivity contribution in [1.82, 2.24) is 10.3 Å². The standard InChI is InChI=1S/C13H17N3O2S/c14-5-1-4-13-16-10(9-19-13)7-12(17)15-8-11-3-2-6-18-11/h2-3,6,9H,1,4-5,7-8,14H2,(H,15,17). The van der Waals surface area contributed by atoms with Gasteiger partial charge in [0, 0.05) is 11.8 Å². The van der Waals surface area contributed by atoms with Gasteiger partial charge in [0.05, 0.1) is 29.9 Å². The molecule has 0 spiro atoms. The fourth-order valence-electron chi connectivity index (χ4n) is 1.62. The summed E-state index contributed by atoms with van der Waals surface area (Å²) in [6.07, 6.45) is 3.71. The van der Waals surface area contributed by atoms with Crippen LogP contribution in [0.25, 0.3) is 0 Å². The van der Waals surface area contributed by atoms with Crippen molar-refractivity contribution >= 4 is 17.2 Å². The van der Waals surface area contributed by atoms with Crippen LogP contribution >= 0.6 is 11.3 Å². The average molecular weight is 279 g/mol. The van der Waals surface area contributed by atoms with Gasteiger partial charge in [-0.1, -0.05) is 0 Å². The highest BCUT2D eigenvalue weighted by atomic mass is 32.1. The first-order valence-electron chi connectivity index (χ1n) is 6.20. The second-order valence-corrected chi connectivity index (χ2v) is 5.10. The van der Waals surface area contributed by atoms with Crippen molar-refractivity contribution < 1.29 is 9.21 Å². The van der Waals surface area contributed by atoms with Crippen LogP contribution in [0.3, 0.4) is 0 Å². The summed E-state index contributed by atoms with van der Waals surface area (Å²) >= 11 is 1.58. The summed E-state index contributed by atoms with van der Waals surface area (Å²) in [7, 11) is 0. The van der Waals surface area contributed by atoms with Gasteiger partial charge in [0.25, 0.3) is 0 Å². The minimum absolute atomic E-state index is 0.0490. The van der Waals surface area contributed by atoms with E-state index < -0.39 is 0 Å². The molecule has 0 aliphatic heterocycles. The van der Waals surface area contributed by atoms with Gasteiger partial charge in [-0.3, -0.25) is 4.79 Å². The maximum atomic E-state index is 11.7. The molecule has 5 nitrogen and oxygen atoms in total. The van der Waals surface area contributed by atoms with Crippen LogP contribution in [0.1, 0.15) is 22.9 Å². The smallest absolute Gasteiger partial charge is 0.226 e. The van der Waals surface area contributed by atoms with E-state index in [9.17, 15) is 4.79 Å². The van der Waals surface area contributed by atoms with Crippen molar-refractivity contribution in [2.45, 2.75) is 25.8 Å². The molecule has 0 aliphatic carbocycles. The third-order valence-electron chi connectivity index (χ3n) is 2.58. The first-order chi connectivity index (χ1) is 9.28. The zero-order chi connectivity index (χ0) is 13.5. The summed E-state index contributed by atoms with van der Waals surface area (Å²) in [5.41, 5.74) is 6.27. The monoisotopic (exact) mass is 279 g/mol. The number of hydrogen-bond acceptors (Lipinski definition) is 5. The number of rotatable bonds is 7. The Morgan fingerprint density at radius 2 is 2.42 bits per heavy atom. The van der Waals surface area contributed by atoms with E-state index >= 15 is 0 Å². The molecule has 1 amide bonds. The highest BCUT2D eigenvalue weighted by molar-refractivity contribution is 7.09. The molecular formula is C13H17N3O2S.